The van der Waals surface area contributed by atoms with Crippen molar-refractivity contribution < 1.29 is 14.3 Å². The number of nitrogens with one attached hydrogen (secondary N) is 1. The van der Waals surface area contributed by atoms with Crippen LogP contribution in [0.1, 0.15) is 21.5 Å². The van der Waals surface area contributed by atoms with Crippen molar-refractivity contribution in [2.75, 3.05) is 19.0 Å². The summed E-state index contributed by atoms with van der Waals surface area (Å²) in [5, 5.41) is 5.78. The summed E-state index contributed by atoms with van der Waals surface area (Å²) < 4.78 is 5.44. The number of amides is 1. The molecule has 1 fully saturated rings. The van der Waals surface area contributed by atoms with Crippen LogP contribution in [0.25, 0.3) is 21.9 Å². The fraction of sp³-hybridized carbons (Fsp3) is 0.143. The molecule has 1 N–H and O–H groups in total. The van der Waals surface area contributed by atoms with Gasteiger partial charge in [-0.15, -0.1) is 11.8 Å². The molecule has 0 radical (unpaired) electrons. The molecule has 168 valence electrons. The molecule has 1 amide bonds. The molecule has 0 unspecified atom stereocenters. The van der Waals surface area contributed by atoms with E-state index in [1.165, 1.54) is 11.8 Å². The Morgan fingerprint density at radius 2 is 1.62 bits per heavy atom. The first-order chi connectivity index (χ1) is 16.6. The van der Waals surface area contributed by atoms with E-state index < -0.39 is 5.54 Å². The quantitative estimate of drug-likeness (QED) is 0.318. The van der Waals surface area contributed by atoms with Crippen LogP contribution in [0.3, 0.4) is 0 Å². The zero-order chi connectivity index (χ0) is 23.3. The summed E-state index contributed by atoms with van der Waals surface area (Å²) in [5.41, 5.74) is 3.94. The maximum absolute atomic E-state index is 13.1. The Kier molecular flexibility index (Phi) is 5.21. The third-order valence-corrected chi connectivity index (χ3v) is 7.86. The van der Waals surface area contributed by atoms with Crippen LogP contribution in [0.15, 0.2) is 83.8 Å². The molecule has 1 heterocycles. The molecule has 0 aromatic heterocycles. The van der Waals surface area contributed by atoms with Gasteiger partial charge in [0, 0.05) is 26.4 Å². The Hall–Kier alpha value is -3.12. The number of carbonyl (C=O) groups excluding carboxylic acids is 2. The van der Waals surface area contributed by atoms with E-state index in [1.54, 1.807) is 0 Å². The second-order valence-electron chi connectivity index (χ2n) is 8.63. The molecular weight excluding hydrogens is 466 g/mol. The monoisotopic (exact) mass is 485 g/mol. The zero-order valence-electron chi connectivity index (χ0n) is 18.1. The lowest BCUT2D eigenvalue weighted by Crippen LogP contribution is -2.59. The van der Waals surface area contributed by atoms with Gasteiger partial charge in [-0.25, -0.2) is 0 Å². The van der Waals surface area contributed by atoms with E-state index in [0.717, 1.165) is 37.9 Å². The largest absolute Gasteiger partial charge is 0.376 e. The van der Waals surface area contributed by atoms with Gasteiger partial charge >= 0.3 is 0 Å². The highest BCUT2D eigenvalue weighted by molar-refractivity contribution is 8.00. The fourth-order valence-electron chi connectivity index (χ4n) is 4.81. The average molecular weight is 486 g/mol. The fourth-order valence-corrected chi connectivity index (χ4v) is 5.79. The van der Waals surface area contributed by atoms with Crippen LogP contribution in [-0.2, 0) is 15.1 Å². The van der Waals surface area contributed by atoms with Gasteiger partial charge < -0.3 is 10.1 Å². The van der Waals surface area contributed by atoms with Crippen molar-refractivity contribution in [3.05, 3.63) is 101 Å². The lowest BCUT2D eigenvalue weighted by atomic mass is 9.83. The Labute approximate surface area is 206 Å². The van der Waals surface area contributed by atoms with Gasteiger partial charge in [0.05, 0.1) is 19.0 Å². The summed E-state index contributed by atoms with van der Waals surface area (Å²) in [6, 6.07) is 25.2. The minimum atomic E-state index is -0.516. The van der Waals surface area contributed by atoms with Crippen molar-refractivity contribution in [2.45, 2.75) is 10.4 Å². The normalized spacial score (nSPS) is 15.5. The molecule has 0 atom stereocenters. The Bertz CT molecular complexity index is 1460. The third kappa shape index (κ3) is 3.43. The molecule has 34 heavy (non-hydrogen) atoms. The number of fused-ring (bicyclic) bond motifs is 2. The molecule has 0 spiro atoms. The summed E-state index contributed by atoms with van der Waals surface area (Å²) >= 11 is 7.50. The highest BCUT2D eigenvalue weighted by atomic mass is 35.5. The van der Waals surface area contributed by atoms with E-state index >= 15 is 0 Å². The van der Waals surface area contributed by atoms with Gasteiger partial charge in [0.15, 0.2) is 5.78 Å². The van der Waals surface area contributed by atoms with Gasteiger partial charge in [0.2, 0.25) is 5.91 Å². The van der Waals surface area contributed by atoms with E-state index in [0.29, 0.717) is 23.8 Å². The minimum Gasteiger partial charge on any atom is -0.376 e. The van der Waals surface area contributed by atoms with Gasteiger partial charge in [-0.2, -0.15) is 0 Å². The first-order valence-corrected chi connectivity index (χ1v) is 12.4. The smallest absolute Gasteiger partial charge is 0.231 e. The Balaban J connectivity index is 1.27. The van der Waals surface area contributed by atoms with E-state index in [-0.39, 0.29) is 17.4 Å². The van der Waals surface area contributed by atoms with Crippen LogP contribution >= 0.6 is 23.4 Å². The van der Waals surface area contributed by atoms with E-state index in [9.17, 15) is 9.59 Å². The molecular formula is C28H20ClNO3S. The third-order valence-electron chi connectivity index (χ3n) is 6.54. The average Bonchev–Trinajstić information content (AvgIpc) is 2.84. The maximum Gasteiger partial charge on any atom is 0.231 e. The summed E-state index contributed by atoms with van der Waals surface area (Å²) in [6.45, 7) is 0.876. The summed E-state index contributed by atoms with van der Waals surface area (Å²) in [4.78, 5) is 27.1. The highest BCUT2D eigenvalue weighted by Gasteiger charge is 2.41. The van der Waals surface area contributed by atoms with Crippen LogP contribution < -0.4 is 5.32 Å². The predicted octanol–water partition coefficient (Wildman–Crippen LogP) is 5.84. The number of carbonyl (C=O) groups is 2. The summed E-state index contributed by atoms with van der Waals surface area (Å²) in [7, 11) is 0. The number of halogens is 1. The summed E-state index contributed by atoms with van der Waals surface area (Å²) in [6.07, 6.45) is 0. The predicted molar refractivity (Wildman–Crippen MR) is 136 cm³/mol. The minimum absolute atomic E-state index is 0.0449. The topological polar surface area (TPSA) is 55.4 Å². The molecule has 6 rings (SSSR count). The Morgan fingerprint density at radius 3 is 2.35 bits per heavy atom. The molecule has 1 aliphatic carbocycles. The molecule has 1 saturated heterocycles. The van der Waals surface area contributed by atoms with Crippen molar-refractivity contribution in [3.8, 4) is 11.1 Å². The van der Waals surface area contributed by atoms with Gasteiger partial charge in [-0.1, -0.05) is 72.3 Å². The SMILES string of the molecule is O=C(CSc1ccc2c3c(cccc13)C(=O)c1ccccc1-2)NC1(c2ccc(Cl)cc2)COC1. The van der Waals surface area contributed by atoms with Crippen LogP contribution in [0.4, 0.5) is 0 Å². The van der Waals surface area contributed by atoms with Gasteiger partial charge in [0.1, 0.15) is 5.54 Å². The second kappa shape index (κ2) is 8.27. The number of thioether (sulfide) groups is 1. The molecule has 4 aromatic carbocycles. The van der Waals surface area contributed by atoms with E-state index in [2.05, 4.69) is 11.4 Å². The highest BCUT2D eigenvalue weighted by Crippen LogP contribution is 2.42. The standard InChI is InChI=1S/C28H20ClNO3S/c29-18-10-8-17(9-11-18)28(15-33-16-28)30-25(31)14-34-24-13-12-20-19-4-1-2-5-21(19)27(32)23-7-3-6-22(24)26(20)23/h1-13H,14-16H2,(H,30,31). The Morgan fingerprint density at radius 1 is 0.882 bits per heavy atom. The lowest BCUT2D eigenvalue weighted by molar-refractivity contribution is -0.131. The molecule has 4 aromatic rings. The van der Waals surface area contributed by atoms with Gasteiger partial charge in [-0.3, -0.25) is 9.59 Å². The number of hydrogen-bond acceptors (Lipinski definition) is 4. The summed E-state index contributed by atoms with van der Waals surface area (Å²) in [5.74, 6) is 0.243. The number of ketones is 1. The molecule has 6 heteroatoms. The van der Waals surface area contributed by atoms with Crippen molar-refractivity contribution in [1.29, 1.82) is 0 Å². The number of benzene rings is 4. The zero-order valence-corrected chi connectivity index (χ0v) is 19.7. The maximum atomic E-state index is 13.1. The van der Waals surface area contributed by atoms with Crippen molar-refractivity contribution in [1.82, 2.24) is 5.32 Å². The van der Waals surface area contributed by atoms with Crippen LogP contribution in [0.2, 0.25) is 5.02 Å². The van der Waals surface area contributed by atoms with Gasteiger partial charge in [-0.05, 0) is 40.3 Å². The lowest BCUT2D eigenvalue weighted by Gasteiger charge is -2.42. The van der Waals surface area contributed by atoms with Crippen LogP contribution in [0.5, 0.6) is 0 Å². The van der Waals surface area contributed by atoms with Crippen LogP contribution in [0, 0.1) is 0 Å². The van der Waals surface area contributed by atoms with Gasteiger partial charge in [0.25, 0.3) is 0 Å². The van der Waals surface area contributed by atoms with Crippen LogP contribution in [-0.4, -0.2) is 30.7 Å². The molecule has 4 nitrogen and oxygen atoms in total. The number of ether oxygens (including phenoxy) is 1. The van der Waals surface area contributed by atoms with Crippen molar-refractivity contribution in [3.63, 3.8) is 0 Å². The molecule has 1 aliphatic heterocycles. The number of hydrogen-bond donors (Lipinski definition) is 1. The van der Waals surface area contributed by atoms with E-state index in [4.69, 9.17) is 16.3 Å². The first-order valence-electron chi connectivity index (χ1n) is 11.0. The molecule has 2 aliphatic rings. The van der Waals surface area contributed by atoms with Crippen molar-refractivity contribution in [2.24, 2.45) is 0 Å². The second-order valence-corrected chi connectivity index (χ2v) is 10.1. The molecule has 0 saturated carbocycles. The molecule has 0 bridgehead atoms. The van der Waals surface area contributed by atoms with E-state index in [1.807, 2.05) is 72.8 Å². The first kappa shape index (κ1) is 21.4. The van der Waals surface area contributed by atoms with Crippen molar-refractivity contribution >= 4 is 45.8 Å². The number of rotatable bonds is 5.